The first kappa shape index (κ1) is 31.6. The van der Waals surface area contributed by atoms with Gasteiger partial charge in [0, 0.05) is 65.5 Å². The van der Waals surface area contributed by atoms with Crippen molar-refractivity contribution in [3.63, 3.8) is 0 Å². The number of aliphatic carboxylic acids is 2. The predicted molar refractivity (Wildman–Crippen MR) is 169 cm³/mol. The number of rotatable bonds is 8. The van der Waals surface area contributed by atoms with Gasteiger partial charge in [0.25, 0.3) is 0 Å². The molecule has 5 heterocycles. The summed E-state index contributed by atoms with van der Waals surface area (Å²) >= 11 is 0. The quantitative estimate of drug-likeness (QED) is 0.188. The Bertz CT molecular complexity index is 1920. The molecule has 0 atom stereocenters. The van der Waals surface area contributed by atoms with Crippen LogP contribution in [0.1, 0.15) is 84.6 Å². The molecule has 0 saturated carbocycles. The molecule has 0 aromatic carbocycles. The summed E-state index contributed by atoms with van der Waals surface area (Å²) in [4.78, 5) is 40.0. The Morgan fingerprint density at radius 3 is 1.49 bits per heavy atom. The Labute approximate surface area is 262 Å². The minimum absolute atomic E-state index is 0. The van der Waals surface area contributed by atoms with Gasteiger partial charge in [-0.25, -0.2) is 9.97 Å². The van der Waals surface area contributed by atoms with E-state index in [2.05, 4.69) is 29.2 Å². The minimum Gasteiger partial charge on any atom is -0.481 e. The van der Waals surface area contributed by atoms with E-state index in [-0.39, 0.29) is 32.3 Å². The Balaban J connectivity index is 0.00000423. The van der Waals surface area contributed by atoms with Gasteiger partial charge < -0.3 is 20.2 Å². The smallest absolute Gasteiger partial charge is 0.303 e. The van der Waals surface area contributed by atoms with Gasteiger partial charge in [0.1, 0.15) is 0 Å². The number of fused-ring (bicyclic) bond motifs is 8. The van der Waals surface area contributed by atoms with E-state index in [0.717, 1.165) is 78.0 Å². The number of allylic oxidation sites excluding steroid dienone is 4. The molecule has 216 valence electrons. The van der Waals surface area contributed by atoms with Crippen molar-refractivity contribution in [2.45, 2.75) is 53.4 Å². The number of nitrogens with one attached hydrogen (secondary N) is 2. The second-order valence-corrected chi connectivity index (χ2v) is 10.7. The van der Waals surface area contributed by atoms with Crippen molar-refractivity contribution in [3.8, 4) is 0 Å². The summed E-state index contributed by atoms with van der Waals surface area (Å²) in [5.74, 6) is -1.78. The van der Waals surface area contributed by atoms with Crippen LogP contribution in [0.25, 0.3) is 56.5 Å². The molecular weight excluding hydrogens is 594 g/mol. The number of H-pyrrole nitrogens is 2. The van der Waals surface area contributed by atoms with Gasteiger partial charge in [0.15, 0.2) is 0 Å². The van der Waals surface area contributed by atoms with E-state index in [1.54, 1.807) is 0 Å². The van der Waals surface area contributed by atoms with E-state index in [1.807, 2.05) is 58.0 Å². The van der Waals surface area contributed by atoms with Crippen LogP contribution >= 0.6 is 0 Å². The van der Waals surface area contributed by atoms with Crippen molar-refractivity contribution < 1.29 is 39.3 Å². The van der Waals surface area contributed by atoms with Crippen LogP contribution in [0, 0.1) is 13.8 Å². The van der Waals surface area contributed by atoms with Crippen LogP contribution < -0.4 is 0 Å². The molecule has 2 aliphatic rings. The third-order valence-corrected chi connectivity index (χ3v) is 8.22. The second-order valence-electron chi connectivity index (χ2n) is 10.7. The van der Waals surface area contributed by atoms with Crippen LogP contribution in [0.5, 0.6) is 0 Å². The molecular formula is C34H34N4O4Zn. The molecule has 2 aliphatic heterocycles. The van der Waals surface area contributed by atoms with Crippen molar-refractivity contribution in [2.24, 2.45) is 0 Å². The molecule has 0 unspecified atom stereocenters. The summed E-state index contributed by atoms with van der Waals surface area (Å²) in [5, 5.41) is 18.9. The van der Waals surface area contributed by atoms with E-state index in [1.165, 1.54) is 0 Å². The monoisotopic (exact) mass is 626 g/mol. The second kappa shape index (κ2) is 12.5. The Hall–Kier alpha value is -4.36. The normalized spacial score (nSPS) is 12.7. The predicted octanol–water partition coefficient (Wildman–Crippen LogP) is 7.81. The zero-order valence-corrected chi connectivity index (χ0v) is 28.0. The summed E-state index contributed by atoms with van der Waals surface area (Å²) in [6.07, 6.45) is 4.20. The number of carboxylic acids is 2. The number of carboxylic acid groups (broad SMARTS) is 2. The van der Waals surface area contributed by atoms with Gasteiger partial charge >= 0.3 is 11.9 Å². The third kappa shape index (κ3) is 5.95. The Morgan fingerprint density at radius 2 is 1.07 bits per heavy atom. The fourth-order valence-electron chi connectivity index (χ4n) is 5.77. The zero-order valence-electron chi connectivity index (χ0n) is 25.0. The summed E-state index contributed by atoms with van der Waals surface area (Å²) in [5.41, 5.74) is 13.7. The molecule has 0 saturated heterocycles. The van der Waals surface area contributed by atoms with Crippen molar-refractivity contribution in [1.29, 1.82) is 0 Å². The minimum atomic E-state index is -0.889. The average Bonchev–Trinajstić information content (AvgIpc) is 3.59. The van der Waals surface area contributed by atoms with Crippen LogP contribution in [0.3, 0.4) is 0 Å². The maximum absolute atomic E-state index is 11.5. The molecule has 0 spiro atoms. The summed E-state index contributed by atoms with van der Waals surface area (Å²) in [6.45, 7) is 16.1. The summed E-state index contributed by atoms with van der Waals surface area (Å²) < 4.78 is 0. The average molecular weight is 628 g/mol. The number of hydrogen-bond donors (Lipinski definition) is 4. The molecule has 5 rings (SSSR count). The molecule has 0 fully saturated rings. The maximum atomic E-state index is 11.5. The number of aromatic amines is 2. The molecule has 3 aromatic rings. The van der Waals surface area contributed by atoms with Crippen LogP contribution in [0.15, 0.2) is 37.4 Å². The first-order valence-corrected chi connectivity index (χ1v) is 13.9. The van der Waals surface area contributed by atoms with Crippen molar-refractivity contribution in [2.75, 3.05) is 0 Å². The van der Waals surface area contributed by atoms with E-state index in [9.17, 15) is 19.8 Å². The molecule has 9 heteroatoms. The molecule has 8 nitrogen and oxygen atoms in total. The first-order chi connectivity index (χ1) is 20.0. The third-order valence-electron chi connectivity index (χ3n) is 8.22. The number of nitrogens with zero attached hydrogens (tertiary/aromatic N) is 2. The van der Waals surface area contributed by atoms with Crippen LogP contribution in [-0.2, 0) is 29.1 Å². The van der Waals surface area contributed by atoms with Gasteiger partial charge in [-0.1, -0.05) is 25.3 Å². The Morgan fingerprint density at radius 1 is 0.674 bits per heavy atom. The largest absolute Gasteiger partial charge is 0.481 e. The van der Waals surface area contributed by atoms with Crippen LogP contribution in [-0.4, -0.2) is 42.1 Å². The summed E-state index contributed by atoms with van der Waals surface area (Å²) in [7, 11) is 0. The molecule has 3 aromatic heterocycles. The first-order valence-electron chi connectivity index (χ1n) is 13.9. The molecule has 0 amide bonds. The summed E-state index contributed by atoms with van der Waals surface area (Å²) in [6, 6.07) is 7.88. The number of aryl methyl sites for hydroxylation is 2. The number of carbonyl (C=O) groups is 2. The fraction of sp³-hybridized carbons (Fsp3) is 0.235. The zero-order chi connectivity index (χ0) is 30.3. The molecule has 0 radical (unpaired) electrons. The van der Waals surface area contributed by atoms with Crippen molar-refractivity contribution in [3.05, 3.63) is 82.5 Å². The topological polar surface area (TPSA) is 132 Å². The Kier molecular flexibility index (Phi) is 9.16. The van der Waals surface area contributed by atoms with Gasteiger partial charge in [-0.05, 0) is 98.2 Å². The van der Waals surface area contributed by atoms with E-state index in [0.29, 0.717) is 24.2 Å². The van der Waals surface area contributed by atoms with Crippen LogP contribution in [0.2, 0.25) is 0 Å². The maximum Gasteiger partial charge on any atom is 0.303 e. The van der Waals surface area contributed by atoms with Gasteiger partial charge in [0.05, 0.1) is 22.8 Å². The van der Waals surface area contributed by atoms with Gasteiger partial charge in [-0.2, -0.15) is 0 Å². The fourth-order valence-corrected chi connectivity index (χ4v) is 5.77. The van der Waals surface area contributed by atoms with Gasteiger partial charge in [-0.3, -0.25) is 9.59 Å². The van der Waals surface area contributed by atoms with Crippen molar-refractivity contribution in [1.82, 2.24) is 19.9 Å². The van der Waals surface area contributed by atoms with Crippen molar-refractivity contribution >= 4 is 68.4 Å². The van der Waals surface area contributed by atoms with Gasteiger partial charge in [-0.15, -0.1) is 0 Å². The molecule has 0 aliphatic carbocycles. The number of hydrogen-bond acceptors (Lipinski definition) is 4. The SMILES string of the molecule is C=Cc1c(C)c2cc3[nH]c(cc4nc(cc5nc(cc1[nH]2)C(C)=C5CCC(=O)O)C(CCC(=O)O)=C4C)c(C)c3C=C.[Zn]. The number of aromatic nitrogens is 4. The molecule has 8 bridgehead atoms. The standard InChI is InChI=1S/C34H34N4O4.Zn/c1-7-21-17(3)25-13-26-19(5)23(9-11-33(39)40)31(37-26)16-32-24(10-12-34(41)42)20(6)28(38-32)15-30-22(8-2)18(4)27(36-30)14-29(21)35-25;/h7-8,13-16,35-36H,1-2,9-12H2,3-6H3,(H,39,40)(H,41,42);. The molecule has 4 N–H and O–H groups in total. The van der Waals surface area contributed by atoms with Gasteiger partial charge in [0.2, 0.25) is 0 Å². The van der Waals surface area contributed by atoms with E-state index < -0.39 is 11.9 Å². The molecule has 43 heavy (non-hydrogen) atoms. The van der Waals surface area contributed by atoms with E-state index in [4.69, 9.17) is 9.97 Å². The van der Waals surface area contributed by atoms with Crippen LogP contribution in [0.4, 0.5) is 0 Å². The van der Waals surface area contributed by atoms with E-state index >= 15 is 0 Å².